The van der Waals surface area contributed by atoms with Crippen molar-refractivity contribution >= 4 is 12.4 Å². The average Bonchev–Trinajstić information content (AvgIpc) is 2.46. The van der Waals surface area contributed by atoms with Crippen LogP contribution in [0.25, 0.3) is 0 Å². The molecule has 2 unspecified atom stereocenters. The summed E-state index contributed by atoms with van der Waals surface area (Å²) >= 11 is 0. The van der Waals surface area contributed by atoms with Crippen LogP contribution in [0, 0.1) is 5.41 Å². The summed E-state index contributed by atoms with van der Waals surface area (Å²) in [5.74, 6) is 0. The van der Waals surface area contributed by atoms with E-state index in [0.29, 0.717) is 11.5 Å². The average molecular weight is 178 g/mol. The SMILES string of the molecule is Cl.NC1CCC2(CCOC2)C1. The van der Waals surface area contributed by atoms with E-state index in [0.717, 1.165) is 13.2 Å². The maximum Gasteiger partial charge on any atom is 0.0523 e. The van der Waals surface area contributed by atoms with Crippen LogP contribution in [0.4, 0.5) is 0 Å². The molecule has 2 fully saturated rings. The fourth-order valence-electron chi connectivity index (χ4n) is 2.26. The summed E-state index contributed by atoms with van der Waals surface area (Å²) in [5, 5.41) is 0. The van der Waals surface area contributed by atoms with Crippen molar-refractivity contribution in [2.75, 3.05) is 13.2 Å². The van der Waals surface area contributed by atoms with Crippen molar-refractivity contribution in [2.24, 2.45) is 11.1 Å². The number of nitrogens with two attached hydrogens (primary N) is 1. The number of halogens is 1. The van der Waals surface area contributed by atoms with E-state index in [1.165, 1.54) is 25.7 Å². The lowest BCUT2D eigenvalue weighted by molar-refractivity contribution is 0.153. The lowest BCUT2D eigenvalue weighted by Gasteiger charge is -2.19. The smallest absolute Gasteiger partial charge is 0.0523 e. The molecule has 0 aromatic heterocycles. The monoisotopic (exact) mass is 177 g/mol. The molecule has 1 saturated heterocycles. The molecule has 3 heteroatoms. The van der Waals surface area contributed by atoms with Crippen molar-refractivity contribution < 1.29 is 4.74 Å². The maximum absolute atomic E-state index is 5.83. The van der Waals surface area contributed by atoms with Gasteiger partial charge in [-0.3, -0.25) is 0 Å². The molecule has 2 aliphatic rings. The van der Waals surface area contributed by atoms with Crippen LogP contribution in [0.15, 0.2) is 0 Å². The highest BCUT2D eigenvalue weighted by Gasteiger charge is 2.40. The minimum Gasteiger partial charge on any atom is -0.381 e. The van der Waals surface area contributed by atoms with Crippen molar-refractivity contribution in [3.8, 4) is 0 Å². The minimum atomic E-state index is 0. The molecule has 2 N–H and O–H groups in total. The fourth-order valence-corrected chi connectivity index (χ4v) is 2.26. The summed E-state index contributed by atoms with van der Waals surface area (Å²) in [6.07, 6.45) is 4.96. The Morgan fingerprint density at radius 1 is 1.36 bits per heavy atom. The van der Waals surface area contributed by atoms with Crippen molar-refractivity contribution in [2.45, 2.75) is 31.7 Å². The van der Waals surface area contributed by atoms with Gasteiger partial charge in [0.25, 0.3) is 0 Å². The van der Waals surface area contributed by atoms with E-state index in [-0.39, 0.29) is 12.4 Å². The third-order valence-electron chi connectivity index (χ3n) is 2.93. The van der Waals surface area contributed by atoms with Gasteiger partial charge in [0, 0.05) is 12.6 Å². The van der Waals surface area contributed by atoms with Gasteiger partial charge in [-0.05, 0) is 31.1 Å². The first-order valence-electron chi connectivity index (χ1n) is 4.14. The molecule has 0 bridgehead atoms. The lowest BCUT2D eigenvalue weighted by Crippen LogP contribution is -2.21. The summed E-state index contributed by atoms with van der Waals surface area (Å²) in [6.45, 7) is 1.94. The van der Waals surface area contributed by atoms with Gasteiger partial charge in [-0.2, -0.15) is 0 Å². The Bertz CT molecular complexity index is 134. The van der Waals surface area contributed by atoms with Crippen molar-refractivity contribution in [3.63, 3.8) is 0 Å². The molecule has 0 aromatic carbocycles. The number of hydrogen-bond acceptors (Lipinski definition) is 2. The molecule has 0 amide bonds. The first kappa shape index (κ1) is 9.30. The summed E-state index contributed by atoms with van der Waals surface area (Å²) in [5.41, 5.74) is 6.35. The molecule has 0 aromatic rings. The van der Waals surface area contributed by atoms with E-state index in [1.54, 1.807) is 0 Å². The first-order chi connectivity index (χ1) is 4.81. The van der Waals surface area contributed by atoms with E-state index >= 15 is 0 Å². The summed E-state index contributed by atoms with van der Waals surface area (Å²) < 4.78 is 5.38. The predicted octanol–water partition coefficient (Wildman–Crippen LogP) is 1.33. The zero-order valence-corrected chi connectivity index (χ0v) is 7.53. The zero-order chi connectivity index (χ0) is 7.03. The van der Waals surface area contributed by atoms with E-state index in [1.807, 2.05) is 0 Å². The molecule has 1 saturated carbocycles. The van der Waals surface area contributed by atoms with Crippen molar-refractivity contribution in [1.29, 1.82) is 0 Å². The fraction of sp³-hybridized carbons (Fsp3) is 1.00. The van der Waals surface area contributed by atoms with Crippen LogP contribution in [-0.4, -0.2) is 19.3 Å². The quantitative estimate of drug-likeness (QED) is 0.606. The Morgan fingerprint density at radius 3 is 2.64 bits per heavy atom. The third-order valence-corrected chi connectivity index (χ3v) is 2.93. The number of rotatable bonds is 0. The van der Waals surface area contributed by atoms with Crippen LogP contribution in [-0.2, 0) is 4.74 Å². The largest absolute Gasteiger partial charge is 0.381 e. The highest BCUT2D eigenvalue weighted by molar-refractivity contribution is 5.85. The van der Waals surface area contributed by atoms with Crippen LogP contribution < -0.4 is 5.73 Å². The molecular formula is C8H16ClNO. The van der Waals surface area contributed by atoms with Crippen LogP contribution in [0.3, 0.4) is 0 Å². The number of ether oxygens (including phenoxy) is 1. The maximum atomic E-state index is 5.83. The molecule has 1 aliphatic carbocycles. The van der Waals surface area contributed by atoms with Gasteiger partial charge < -0.3 is 10.5 Å². The van der Waals surface area contributed by atoms with E-state index in [4.69, 9.17) is 10.5 Å². The Morgan fingerprint density at radius 2 is 2.18 bits per heavy atom. The highest BCUT2D eigenvalue weighted by Crippen LogP contribution is 2.43. The summed E-state index contributed by atoms with van der Waals surface area (Å²) in [7, 11) is 0. The highest BCUT2D eigenvalue weighted by atomic mass is 35.5. The minimum absolute atomic E-state index is 0. The molecule has 11 heavy (non-hydrogen) atoms. The Labute approximate surface area is 73.9 Å². The normalized spacial score (nSPS) is 42.8. The number of hydrogen-bond donors (Lipinski definition) is 1. The van der Waals surface area contributed by atoms with Crippen LogP contribution in [0.2, 0.25) is 0 Å². The van der Waals surface area contributed by atoms with Gasteiger partial charge in [-0.1, -0.05) is 0 Å². The lowest BCUT2D eigenvalue weighted by atomic mass is 9.86. The van der Waals surface area contributed by atoms with Crippen LogP contribution >= 0.6 is 12.4 Å². The van der Waals surface area contributed by atoms with E-state index in [2.05, 4.69) is 0 Å². The van der Waals surface area contributed by atoms with Crippen molar-refractivity contribution in [1.82, 2.24) is 0 Å². The third kappa shape index (κ3) is 1.68. The molecule has 1 spiro atoms. The van der Waals surface area contributed by atoms with Gasteiger partial charge in [-0.25, -0.2) is 0 Å². The molecule has 2 nitrogen and oxygen atoms in total. The van der Waals surface area contributed by atoms with Gasteiger partial charge in [0.2, 0.25) is 0 Å². The molecule has 2 rings (SSSR count). The molecular weight excluding hydrogens is 162 g/mol. The van der Waals surface area contributed by atoms with Crippen LogP contribution in [0.5, 0.6) is 0 Å². The molecule has 1 aliphatic heterocycles. The Hall–Kier alpha value is 0.210. The van der Waals surface area contributed by atoms with Gasteiger partial charge in [0.1, 0.15) is 0 Å². The van der Waals surface area contributed by atoms with E-state index < -0.39 is 0 Å². The summed E-state index contributed by atoms with van der Waals surface area (Å²) in [4.78, 5) is 0. The second-order valence-electron chi connectivity index (χ2n) is 3.81. The van der Waals surface area contributed by atoms with Gasteiger partial charge in [-0.15, -0.1) is 12.4 Å². The van der Waals surface area contributed by atoms with Crippen molar-refractivity contribution in [3.05, 3.63) is 0 Å². The second-order valence-corrected chi connectivity index (χ2v) is 3.81. The van der Waals surface area contributed by atoms with Gasteiger partial charge >= 0.3 is 0 Å². The van der Waals surface area contributed by atoms with Gasteiger partial charge in [0.05, 0.1) is 6.61 Å². The van der Waals surface area contributed by atoms with Crippen LogP contribution in [0.1, 0.15) is 25.7 Å². The topological polar surface area (TPSA) is 35.2 Å². The molecule has 1 heterocycles. The van der Waals surface area contributed by atoms with E-state index in [9.17, 15) is 0 Å². The zero-order valence-electron chi connectivity index (χ0n) is 6.71. The van der Waals surface area contributed by atoms with Gasteiger partial charge in [0.15, 0.2) is 0 Å². The second kappa shape index (κ2) is 3.30. The Kier molecular flexibility index (Phi) is 2.79. The Balaban J connectivity index is 0.000000605. The predicted molar refractivity (Wildman–Crippen MR) is 46.9 cm³/mol. The first-order valence-corrected chi connectivity index (χ1v) is 4.14. The molecule has 0 radical (unpaired) electrons. The summed E-state index contributed by atoms with van der Waals surface area (Å²) in [6, 6.07) is 0.460. The molecule has 2 atom stereocenters. The molecule has 66 valence electrons. The standard InChI is InChI=1S/C8H15NO.ClH/c9-7-1-2-8(5-7)3-4-10-6-8;/h7H,1-6,9H2;1H.